The standard InChI is InChI=1S/C16H34OSi2/c1-6-11-12-13-16-14-15-18(7-2,8-3)19(9-4,10-5)17-16/h6,16H,1,7-15H2,2-5H3. The minimum atomic E-state index is -1.42. The average Bonchev–Trinajstić information content (AvgIpc) is 2.47. The van der Waals surface area contributed by atoms with Gasteiger partial charge >= 0.3 is 0 Å². The van der Waals surface area contributed by atoms with Gasteiger partial charge in [-0.3, -0.25) is 0 Å². The van der Waals surface area contributed by atoms with Crippen LogP contribution in [0.25, 0.3) is 0 Å². The van der Waals surface area contributed by atoms with E-state index in [0.717, 1.165) is 6.42 Å². The average molecular weight is 299 g/mol. The first kappa shape index (κ1) is 17.2. The Hall–Kier alpha value is 0.134. The maximum absolute atomic E-state index is 6.88. The second kappa shape index (κ2) is 7.79. The Morgan fingerprint density at radius 1 is 1.11 bits per heavy atom. The molecule has 0 aliphatic carbocycles. The molecular weight excluding hydrogens is 264 g/mol. The maximum atomic E-state index is 6.88. The minimum absolute atomic E-state index is 0.574. The monoisotopic (exact) mass is 298 g/mol. The van der Waals surface area contributed by atoms with E-state index in [9.17, 15) is 0 Å². The van der Waals surface area contributed by atoms with Gasteiger partial charge in [0.15, 0.2) is 7.83 Å². The molecule has 1 aliphatic rings. The van der Waals surface area contributed by atoms with E-state index in [0.29, 0.717) is 6.10 Å². The fourth-order valence-electron chi connectivity index (χ4n) is 4.28. The Kier molecular flexibility index (Phi) is 7.05. The van der Waals surface area contributed by atoms with Crippen molar-refractivity contribution in [3.63, 3.8) is 0 Å². The summed E-state index contributed by atoms with van der Waals surface area (Å²) in [7, 11) is -2.52. The zero-order valence-corrected chi connectivity index (χ0v) is 15.6. The molecule has 0 aromatic heterocycles. The van der Waals surface area contributed by atoms with Crippen molar-refractivity contribution in [3.05, 3.63) is 12.7 Å². The molecule has 1 nitrogen and oxygen atoms in total. The van der Waals surface area contributed by atoms with E-state index in [1.165, 1.54) is 43.4 Å². The highest BCUT2D eigenvalue weighted by atomic mass is 29.3. The highest BCUT2D eigenvalue weighted by molar-refractivity contribution is 7.40. The van der Waals surface area contributed by atoms with E-state index in [-0.39, 0.29) is 0 Å². The summed E-state index contributed by atoms with van der Waals surface area (Å²) >= 11 is 0. The van der Waals surface area contributed by atoms with E-state index in [1.807, 2.05) is 6.08 Å². The third kappa shape index (κ3) is 3.42. The van der Waals surface area contributed by atoms with Crippen LogP contribution in [0.1, 0.15) is 53.4 Å². The van der Waals surface area contributed by atoms with E-state index in [2.05, 4.69) is 34.3 Å². The van der Waals surface area contributed by atoms with Gasteiger partial charge in [0.1, 0.15) is 0 Å². The van der Waals surface area contributed by atoms with E-state index in [1.54, 1.807) is 6.04 Å². The van der Waals surface area contributed by atoms with E-state index < -0.39 is 15.4 Å². The lowest BCUT2D eigenvalue weighted by Crippen LogP contribution is -2.67. The number of hydrogen-bond donors (Lipinski definition) is 0. The molecule has 1 rings (SSSR count). The molecule has 0 saturated carbocycles. The smallest absolute Gasteiger partial charge is 0.180 e. The van der Waals surface area contributed by atoms with Gasteiger partial charge in [-0.2, -0.15) is 0 Å². The molecule has 1 heterocycles. The predicted octanol–water partition coefficient (Wildman–Crippen LogP) is 5.68. The van der Waals surface area contributed by atoms with Crippen molar-refractivity contribution >= 4 is 15.4 Å². The fraction of sp³-hybridized carbons (Fsp3) is 0.875. The van der Waals surface area contributed by atoms with Crippen molar-refractivity contribution in [2.45, 2.75) is 89.7 Å². The molecule has 3 heteroatoms. The van der Waals surface area contributed by atoms with Gasteiger partial charge in [-0.05, 0) is 37.8 Å². The minimum Gasteiger partial charge on any atom is -0.417 e. The lowest BCUT2D eigenvalue weighted by molar-refractivity contribution is 0.168. The fourth-order valence-corrected chi connectivity index (χ4v) is 23.0. The summed E-state index contributed by atoms with van der Waals surface area (Å²) in [6, 6.07) is 7.17. The Morgan fingerprint density at radius 3 is 2.21 bits per heavy atom. The molecule has 1 atom stereocenters. The van der Waals surface area contributed by atoms with Crippen LogP contribution in [-0.2, 0) is 4.43 Å². The van der Waals surface area contributed by atoms with Gasteiger partial charge in [0.2, 0.25) is 0 Å². The second-order valence-electron chi connectivity index (χ2n) is 6.19. The van der Waals surface area contributed by atoms with Crippen LogP contribution >= 0.6 is 0 Å². The zero-order chi connectivity index (χ0) is 14.4. The van der Waals surface area contributed by atoms with Gasteiger partial charge < -0.3 is 4.43 Å². The molecule has 1 saturated heterocycles. The first-order valence-electron chi connectivity index (χ1n) is 8.42. The van der Waals surface area contributed by atoms with Gasteiger partial charge in [-0.1, -0.05) is 51.9 Å². The Balaban J connectivity index is 2.79. The summed E-state index contributed by atoms with van der Waals surface area (Å²) in [6.07, 6.45) is 7.64. The molecule has 1 aliphatic heterocycles. The van der Waals surface area contributed by atoms with Crippen LogP contribution in [0, 0.1) is 0 Å². The van der Waals surface area contributed by atoms with Gasteiger partial charge in [-0.25, -0.2) is 0 Å². The summed E-state index contributed by atoms with van der Waals surface area (Å²) < 4.78 is 6.88. The van der Waals surface area contributed by atoms with Crippen LogP contribution in [0.3, 0.4) is 0 Å². The molecule has 0 bridgehead atoms. The van der Waals surface area contributed by atoms with Crippen LogP contribution in [0.15, 0.2) is 12.7 Å². The second-order valence-corrected chi connectivity index (χ2v) is 20.2. The SMILES string of the molecule is C=CCCCC1CC[Si](CC)(CC)[Si](CC)(CC)O1. The van der Waals surface area contributed by atoms with Gasteiger partial charge in [0.05, 0.1) is 7.59 Å². The third-order valence-corrected chi connectivity index (χ3v) is 25.8. The summed E-state index contributed by atoms with van der Waals surface area (Å²) in [5.41, 5.74) is 0. The van der Waals surface area contributed by atoms with Gasteiger partial charge in [-0.15, -0.1) is 6.58 Å². The molecule has 0 aromatic carbocycles. The molecule has 0 radical (unpaired) electrons. The topological polar surface area (TPSA) is 9.23 Å². The molecule has 112 valence electrons. The van der Waals surface area contributed by atoms with Crippen molar-refractivity contribution in [1.82, 2.24) is 0 Å². The largest absolute Gasteiger partial charge is 0.417 e. The van der Waals surface area contributed by atoms with Crippen LogP contribution in [0.4, 0.5) is 0 Å². The Morgan fingerprint density at radius 2 is 1.74 bits per heavy atom. The van der Waals surface area contributed by atoms with Crippen molar-refractivity contribution in [3.8, 4) is 0 Å². The van der Waals surface area contributed by atoms with Crippen molar-refractivity contribution in [1.29, 1.82) is 0 Å². The quantitative estimate of drug-likeness (QED) is 0.318. The number of rotatable bonds is 8. The first-order valence-corrected chi connectivity index (χ1v) is 14.4. The van der Waals surface area contributed by atoms with Crippen LogP contribution in [-0.4, -0.2) is 21.5 Å². The van der Waals surface area contributed by atoms with Crippen LogP contribution < -0.4 is 0 Å². The maximum Gasteiger partial charge on any atom is 0.180 e. The highest BCUT2D eigenvalue weighted by Crippen LogP contribution is 2.43. The zero-order valence-electron chi connectivity index (χ0n) is 13.6. The van der Waals surface area contributed by atoms with Gasteiger partial charge in [0.25, 0.3) is 0 Å². The Bertz CT molecular complexity index is 270. The molecule has 0 spiro atoms. The van der Waals surface area contributed by atoms with Crippen LogP contribution in [0.5, 0.6) is 0 Å². The highest BCUT2D eigenvalue weighted by Gasteiger charge is 2.55. The van der Waals surface area contributed by atoms with Crippen molar-refractivity contribution in [2.75, 3.05) is 0 Å². The molecule has 1 unspecified atom stereocenters. The molecule has 0 N–H and O–H groups in total. The number of unbranched alkanes of at least 4 members (excludes halogenated alkanes) is 1. The summed E-state index contributed by atoms with van der Waals surface area (Å²) in [5.74, 6) is 0. The van der Waals surface area contributed by atoms with Crippen molar-refractivity contribution in [2.24, 2.45) is 0 Å². The number of hydrogen-bond acceptors (Lipinski definition) is 1. The first-order chi connectivity index (χ1) is 9.13. The number of allylic oxidation sites excluding steroid dienone is 1. The Labute approximate surface area is 122 Å². The third-order valence-electron chi connectivity index (χ3n) is 5.73. The normalized spacial score (nSPS) is 25.2. The van der Waals surface area contributed by atoms with Gasteiger partial charge in [0, 0.05) is 6.10 Å². The molecule has 0 aromatic rings. The van der Waals surface area contributed by atoms with Crippen molar-refractivity contribution < 1.29 is 4.43 Å². The molecule has 0 amide bonds. The summed E-state index contributed by atoms with van der Waals surface area (Å²) in [4.78, 5) is 0. The van der Waals surface area contributed by atoms with E-state index in [4.69, 9.17) is 4.43 Å². The molecule has 1 fully saturated rings. The molecular formula is C16H34OSi2. The molecule has 19 heavy (non-hydrogen) atoms. The summed E-state index contributed by atoms with van der Waals surface area (Å²) in [5, 5.41) is 0. The summed E-state index contributed by atoms with van der Waals surface area (Å²) in [6.45, 7) is 13.5. The van der Waals surface area contributed by atoms with E-state index >= 15 is 0 Å². The predicted molar refractivity (Wildman–Crippen MR) is 91.8 cm³/mol. The lowest BCUT2D eigenvalue weighted by Gasteiger charge is -2.52. The lowest BCUT2D eigenvalue weighted by atomic mass is 10.1. The van der Waals surface area contributed by atoms with Crippen LogP contribution in [0.2, 0.25) is 30.2 Å².